The van der Waals surface area contributed by atoms with Crippen LogP contribution in [0.3, 0.4) is 0 Å². The summed E-state index contributed by atoms with van der Waals surface area (Å²) in [6.07, 6.45) is -0.531. The van der Waals surface area contributed by atoms with E-state index >= 15 is 0 Å². The molecule has 2 N–H and O–H groups in total. The summed E-state index contributed by atoms with van der Waals surface area (Å²) in [5.74, 6) is 0.829. The van der Waals surface area contributed by atoms with Gasteiger partial charge < -0.3 is 15.2 Å². The van der Waals surface area contributed by atoms with E-state index in [1.54, 1.807) is 0 Å². The number of ether oxygens (including phenoxy) is 1. The highest BCUT2D eigenvalue weighted by molar-refractivity contribution is 5.78. The SMILES string of the molecule is Cc1ccc(OC[C@@H](O)CN2CCN(CC(=O)NCc3ccccc3)CC2)cc1. The predicted octanol–water partition coefficient (Wildman–Crippen LogP) is 1.67. The molecular formula is C23H31N3O3. The standard InChI is InChI=1S/C23H31N3O3/c1-19-7-9-22(10-8-19)29-18-21(27)16-25-11-13-26(14-12-25)17-23(28)24-15-20-5-3-2-4-6-20/h2-10,21,27H,11-18H2,1H3,(H,24,28)/t21-/m0/s1. The Morgan fingerprint density at radius 3 is 2.38 bits per heavy atom. The smallest absolute Gasteiger partial charge is 0.234 e. The van der Waals surface area contributed by atoms with Crippen molar-refractivity contribution < 1.29 is 14.6 Å². The summed E-state index contributed by atoms with van der Waals surface area (Å²) < 4.78 is 5.66. The number of rotatable bonds is 9. The maximum Gasteiger partial charge on any atom is 0.234 e. The van der Waals surface area contributed by atoms with E-state index in [4.69, 9.17) is 4.74 Å². The van der Waals surface area contributed by atoms with Crippen LogP contribution in [0.25, 0.3) is 0 Å². The van der Waals surface area contributed by atoms with Gasteiger partial charge in [0.15, 0.2) is 0 Å². The molecule has 0 radical (unpaired) electrons. The van der Waals surface area contributed by atoms with Crippen LogP contribution in [0.5, 0.6) is 5.75 Å². The zero-order valence-electron chi connectivity index (χ0n) is 17.1. The lowest BCUT2D eigenvalue weighted by molar-refractivity contribution is -0.122. The lowest BCUT2D eigenvalue weighted by Crippen LogP contribution is -2.51. The number of piperazine rings is 1. The summed E-state index contributed by atoms with van der Waals surface area (Å²) in [5, 5.41) is 13.2. The first kappa shape index (κ1) is 21.3. The molecule has 156 valence electrons. The van der Waals surface area contributed by atoms with Crippen molar-refractivity contribution in [2.45, 2.75) is 19.6 Å². The van der Waals surface area contributed by atoms with Gasteiger partial charge in [0, 0.05) is 39.3 Å². The normalized spacial score (nSPS) is 16.3. The van der Waals surface area contributed by atoms with Gasteiger partial charge in [-0.1, -0.05) is 48.0 Å². The van der Waals surface area contributed by atoms with Crippen LogP contribution in [-0.2, 0) is 11.3 Å². The number of benzene rings is 2. The molecule has 1 saturated heterocycles. The molecule has 1 aliphatic rings. The summed E-state index contributed by atoms with van der Waals surface area (Å²) >= 11 is 0. The molecule has 0 bridgehead atoms. The second-order valence-electron chi connectivity index (χ2n) is 7.62. The average Bonchev–Trinajstić information content (AvgIpc) is 2.74. The number of hydrogen-bond donors (Lipinski definition) is 2. The Balaban J connectivity index is 1.30. The van der Waals surface area contributed by atoms with E-state index in [1.807, 2.05) is 61.5 Å². The molecule has 0 spiro atoms. The molecule has 6 nitrogen and oxygen atoms in total. The van der Waals surface area contributed by atoms with E-state index in [9.17, 15) is 9.90 Å². The third kappa shape index (κ3) is 7.49. The van der Waals surface area contributed by atoms with Crippen LogP contribution in [0.2, 0.25) is 0 Å². The van der Waals surface area contributed by atoms with Crippen LogP contribution in [0, 0.1) is 6.92 Å². The zero-order chi connectivity index (χ0) is 20.5. The maximum absolute atomic E-state index is 12.2. The number of β-amino-alcohol motifs (C(OH)–C–C–N with tert-alkyl or cyclic N) is 1. The molecule has 0 aromatic heterocycles. The topological polar surface area (TPSA) is 65.0 Å². The van der Waals surface area contributed by atoms with Gasteiger partial charge in [-0.3, -0.25) is 14.6 Å². The van der Waals surface area contributed by atoms with Gasteiger partial charge in [0.2, 0.25) is 5.91 Å². The van der Waals surface area contributed by atoms with E-state index in [1.165, 1.54) is 5.56 Å². The van der Waals surface area contributed by atoms with Crippen LogP contribution in [0.4, 0.5) is 0 Å². The molecule has 1 heterocycles. The van der Waals surface area contributed by atoms with Crippen LogP contribution in [0.1, 0.15) is 11.1 Å². The second-order valence-corrected chi connectivity index (χ2v) is 7.62. The fraction of sp³-hybridized carbons (Fsp3) is 0.435. The Morgan fingerprint density at radius 1 is 1.03 bits per heavy atom. The number of aliphatic hydroxyl groups is 1. The average molecular weight is 398 g/mol. The lowest BCUT2D eigenvalue weighted by Gasteiger charge is -2.35. The summed E-state index contributed by atoms with van der Waals surface area (Å²) in [6, 6.07) is 17.8. The fourth-order valence-corrected chi connectivity index (χ4v) is 3.36. The molecule has 1 atom stereocenters. The Morgan fingerprint density at radius 2 is 1.69 bits per heavy atom. The van der Waals surface area contributed by atoms with Crippen LogP contribution >= 0.6 is 0 Å². The van der Waals surface area contributed by atoms with Crippen molar-refractivity contribution in [1.29, 1.82) is 0 Å². The van der Waals surface area contributed by atoms with Crippen LogP contribution in [-0.4, -0.2) is 72.8 Å². The molecule has 1 fully saturated rings. The summed E-state index contributed by atoms with van der Waals surface area (Å²) in [6.45, 7) is 7.21. The Kier molecular flexibility index (Phi) is 8.04. The third-order valence-electron chi connectivity index (χ3n) is 5.10. The number of aliphatic hydroxyl groups excluding tert-OH is 1. The van der Waals surface area contributed by atoms with Crippen molar-refractivity contribution in [3.05, 3.63) is 65.7 Å². The summed E-state index contributed by atoms with van der Waals surface area (Å²) in [5.41, 5.74) is 2.29. The summed E-state index contributed by atoms with van der Waals surface area (Å²) in [4.78, 5) is 16.5. The number of hydrogen-bond acceptors (Lipinski definition) is 5. The number of nitrogens with zero attached hydrogens (tertiary/aromatic N) is 2. The Bertz CT molecular complexity index is 744. The van der Waals surface area contributed by atoms with Crippen molar-refractivity contribution in [3.63, 3.8) is 0 Å². The molecule has 2 aromatic rings. The van der Waals surface area contributed by atoms with Gasteiger partial charge in [-0.2, -0.15) is 0 Å². The highest BCUT2D eigenvalue weighted by Gasteiger charge is 2.21. The molecular weight excluding hydrogens is 366 g/mol. The zero-order valence-corrected chi connectivity index (χ0v) is 17.1. The van der Waals surface area contributed by atoms with E-state index in [2.05, 4.69) is 15.1 Å². The quantitative estimate of drug-likeness (QED) is 0.674. The van der Waals surface area contributed by atoms with Gasteiger partial charge in [-0.05, 0) is 24.6 Å². The largest absolute Gasteiger partial charge is 0.491 e. The van der Waals surface area contributed by atoms with Gasteiger partial charge in [-0.25, -0.2) is 0 Å². The maximum atomic E-state index is 12.2. The number of aryl methyl sites for hydroxylation is 1. The Hall–Kier alpha value is -2.41. The van der Waals surface area contributed by atoms with Crippen molar-refractivity contribution in [3.8, 4) is 5.75 Å². The first-order valence-corrected chi connectivity index (χ1v) is 10.2. The fourth-order valence-electron chi connectivity index (χ4n) is 3.36. The minimum atomic E-state index is -0.531. The lowest BCUT2D eigenvalue weighted by atomic mass is 10.2. The highest BCUT2D eigenvalue weighted by Crippen LogP contribution is 2.12. The van der Waals surface area contributed by atoms with E-state index in [0.29, 0.717) is 19.6 Å². The monoisotopic (exact) mass is 397 g/mol. The van der Waals surface area contributed by atoms with Crippen molar-refractivity contribution in [2.24, 2.45) is 0 Å². The van der Waals surface area contributed by atoms with Gasteiger partial charge in [0.1, 0.15) is 18.5 Å². The Labute approximate surface area is 173 Å². The van der Waals surface area contributed by atoms with Crippen LogP contribution < -0.4 is 10.1 Å². The van der Waals surface area contributed by atoms with E-state index in [0.717, 1.165) is 37.5 Å². The first-order valence-electron chi connectivity index (χ1n) is 10.2. The molecule has 1 aliphatic heterocycles. The first-order chi connectivity index (χ1) is 14.1. The van der Waals surface area contributed by atoms with Gasteiger partial charge in [0.25, 0.3) is 0 Å². The molecule has 0 unspecified atom stereocenters. The van der Waals surface area contributed by atoms with Gasteiger partial charge >= 0.3 is 0 Å². The second kappa shape index (κ2) is 11.0. The third-order valence-corrected chi connectivity index (χ3v) is 5.10. The summed E-state index contributed by atoms with van der Waals surface area (Å²) in [7, 11) is 0. The molecule has 6 heteroatoms. The van der Waals surface area contributed by atoms with Crippen molar-refractivity contribution in [1.82, 2.24) is 15.1 Å². The van der Waals surface area contributed by atoms with E-state index < -0.39 is 6.10 Å². The van der Waals surface area contributed by atoms with E-state index in [-0.39, 0.29) is 12.5 Å². The number of carbonyl (C=O) groups excluding carboxylic acids is 1. The molecule has 3 rings (SSSR count). The molecule has 0 aliphatic carbocycles. The molecule has 1 amide bonds. The van der Waals surface area contributed by atoms with Crippen LogP contribution in [0.15, 0.2) is 54.6 Å². The van der Waals surface area contributed by atoms with Crippen molar-refractivity contribution in [2.75, 3.05) is 45.9 Å². The highest BCUT2D eigenvalue weighted by atomic mass is 16.5. The minimum absolute atomic E-state index is 0.0498. The minimum Gasteiger partial charge on any atom is -0.491 e. The van der Waals surface area contributed by atoms with Crippen molar-refractivity contribution >= 4 is 5.91 Å². The number of amides is 1. The molecule has 2 aromatic carbocycles. The molecule has 0 saturated carbocycles. The van der Waals surface area contributed by atoms with Gasteiger partial charge in [-0.15, -0.1) is 0 Å². The van der Waals surface area contributed by atoms with Gasteiger partial charge in [0.05, 0.1) is 6.54 Å². The number of carbonyl (C=O) groups is 1. The molecule has 29 heavy (non-hydrogen) atoms. The number of nitrogens with one attached hydrogen (secondary N) is 1. The predicted molar refractivity (Wildman–Crippen MR) is 114 cm³/mol.